The third-order valence-electron chi connectivity index (χ3n) is 3.77. The Morgan fingerprint density at radius 1 is 1.41 bits per heavy atom. The van der Waals surface area contributed by atoms with Gasteiger partial charge < -0.3 is 10.4 Å². The molecule has 2 unspecified atom stereocenters. The van der Waals surface area contributed by atoms with E-state index < -0.39 is 5.97 Å². The van der Waals surface area contributed by atoms with Crippen LogP contribution in [-0.4, -0.2) is 27.2 Å². The van der Waals surface area contributed by atoms with Gasteiger partial charge in [-0.05, 0) is 24.7 Å². The average molecular weight is 235 g/mol. The van der Waals surface area contributed by atoms with E-state index in [9.17, 15) is 9.59 Å². The Labute approximate surface area is 97.4 Å². The third kappa shape index (κ3) is 1.69. The first kappa shape index (κ1) is 10.3. The van der Waals surface area contributed by atoms with Crippen LogP contribution in [0.3, 0.4) is 0 Å². The predicted octanol–water partition coefficient (Wildman–Crippen LogP) is 1.09. The molecule has 2 aliphatic rings. The van der Waals surface area contributed by atoms with Crippen molar-refractivity contribution in [2.24, 2.45) is 17.8 Å². The number of hydrogen-bond donors (Lipinski definition) is 3. The van der Waals surface area contributed by atoms with Crippen LogP contribution in [0.1, 0.15) is 29.8 Å². The van der Waals surface area contributed by atoms with Crippen LogP contribution >= 0.6 is 0 Å². The fourth-order valence-corrected chi connectivity index (χ4v) is 2.92. The Hall–Kier alpha value is -1.85. The van der Waals surface area contributed by atoms with Crippen LogP contribution in [0.15, 0.2) is 6.07 Å². The van der Waals surface area contributed by atoms with Crippen LogP contribution < -0.4 is 5.32 Å². The zero-order valence-corrected chi connectivity index (χ0v) is 9.14. The molecule has 0 spiro atoms. The number of rotatable bonds is 3. The van der Waals surface area contributed by atoms with Gasteiger partial charge in [0.05, 0.1) is 0 Å². The standard InChI is InChI=1S/C11H13N3O3/c15-10(9-5-2-1-3-6(5)9)12-8-4-7(11(16)17)13-14-8/h4-6,9H,1-3H2,(H,16,17)(H2,12,13,14,15). The zero-order chi connectivity index (χ0) is 12.0. The lowest BCUT2D eigenvalue weighted by Crippen LogP contribution is -2.16. The van der Waals surface area contributed by atoms with E-state index >= 15 is 0 Å². The van der Waals surface area contributed by atoms with Gasteiger partial charge >= 0.3 is 5.97 Å². The van der Waals surface area contributed by atoms with Crippen LogP contribution in [-0.2, 0) is 4.79 Å². The smallest absolute Gasteiger partial charge is 0.353 e. The number of aromatic carboxylic acids is 1. The summed E-state index contributed by atoms with van der Waals surface area (Å²) in [4.78, 5) is 22.5. The minimum atomic E-state index is -1.08. The number of anilines is 1. The van der Waals surface area contributed by atoms with Crippen molar-refractivity contribution in [3.8, 4) is 0 Å². The van der Waals surface area contributed by atoms with E-state index in [1.165, 1.54) is 12.5 Å². The Morgan fingerprint density at radius 2 is 2.12 bits per heavy atom. The van der Waals surface area contributed by atoms with E-state index in [1.54, 1.807) is 0 Å². The molecule has 1 aromatic heterocycles. The van der Waals surface area contributed by atoms with Crippen molar-refractivity contribution < 1.29 is 14.7 Å². The second kappa shape index (κ2) is 3.58. The number of nitrogens with one attached hydrogen (secondary N) is 2. The molecule has 0 aliphatic heterocycles. The molecular weight excluding hydrogens is 222 g/mol. The Bertz CT molecular complexity index is 472. The lowest BCUT2D eigenvalue weighted by Gasteiger charge is -2.02. The van der Waals surface area contributed by atoms with Gasteiger partial charge in [-0.25, -0.2) is 4.79 Å². The molecule has 3 N–H and O–H groups in total. The van der Waals surface area contributed by atoms with E-state index in [4.69, 9.17) is 5.11 Å². The highest BCUT2D eigenvalue weighted by atomic mass is 16.4. The maximum absolute atomic E-state index is 11.9. The quantitative estimate of drug-likeness (QED) is 0.730. The predicted molar refractivity (Wildman–Crippen MR) is 58.5 cm³/mol. The SMILES string of the molecule is O=C(O)c1cc(NC(=O)C2C3CCCC32)n[nH]1. The summed E-state index contributed by atoms with van der Waals surface area (Å²) in [6.45, 7) is 0. The topological polar surface area (TPSA) is 95.1 Å². The number of aromatic nitrogens is 2. The first-order valence-electron chi connectivity index (χ1n) is 5.76. The molecule has 2 atom stereocenters. The number of carboxylic acids is 1. The summed E-state index contributed by atoms with van der Waals surface area (Å²) in [5, 5.41) is 17.5. The molecule has 6 nitrogen and oxygen atoms in total. The fraction of sp³-hybridized carbons (Fsp3) is 0.545. The number of hydrogen-bond acceptors (Lipinski definition) is 3. The summed E-state index contributed by atoms with van der Waals surface area (Å²) in [6.07, 6.45) is 3.51. The molecule has 0 radical (unpaired) electrons. The Kier molecular flexibility index (Phi) is 2.17. The van der Waals surface area contributed by atoms with Crippen LogP contribution in [0.25, 0.3) is 0 Å². The normalized spacial score (nSPS) is 29.8. The second-order valence-corrected chi connectivity index (χ2v) is 4.75. The average Bonchev–Trinajstić information content (AvgIpc) is 2.72. The van der Waals surface area contributed by atoms with Gasteiger partial charge in [0, 0.05) is 12.0 Å². The first-order chi connectivity index (χ1) is 8.16. The molecule has 1 heterocycles. The van der Waals surface area contributed by atoms with Crippen molar-refractivity contribution in [1.29, 1.82) is 0 Å². The number of aromatic amines is 1. The second-order valence-electron chi connectivity index (χ2n) is 4.75. The summed E-state index contributed by atoms with van der Waals surface area (Å²) in [7, 11) is 0. The van der Waals surface area contributed by atoms with Crippen LogP contribution in [0.2, 0.25) is 0 Å². The van der Waals surface area contributed by atoms with Crippen LogP contribution in [0, 0.1) is 17.8 Å². The maximum Gasteiger partial charge on any atom is 0.353 e. The Balaban J connectivity index is 1.63. The molecule has 90 valence electrons. The van der Waals surface area contributed by atoms with Crippen molar-refractivity contribution in [3.63, 3.8) is 0 Å². The van der Waals surface area contributed by atoms with Gasteiger partial charge in [-0.1, -0.05) is 6.42 Å². The number of nitrogens with zero attached hydrogens (tertiary/aromatic N) is 1. The van der Waals surface area contributed by atoms with Crippen LogP contribution in [0.4, 0.5) is 5.82 Å². The molecule has 0 aromatic carbocycles. The van der Waals surface area contributed by atoms with Gasteiger partial charge in [-0.3, -0.25) is 9.89 Å². The number of carbonyl (C=O) groups is 2. The fourth-order valence-electron chi connectivity index (χ4n) is 2.92. The van der Waals surface area contributed by atoms with E-state index in [0.717, 1.165) is 12.8 Å². The minimum absolute atomic E-state index is 0.0173. The lowest BCUT2D eigenvalue weighted by atomic mass is 10.1. The number of carbonyl (C=O) groups excluding carboxylic acids is 1. The van der Waals surface area contributed by atoms with E-state index in [1.807, 2.05) is 0 Å². The molecule has 1 amide bonds. The van der Waals surface area contributed by atoms with Gasteiger partial charge in [0.15, 0.2) is 5.82 Å². The maximum atomic E-state index is 11.9. The summed E-state index contributed by atoms with van der Waals surface area (Å²) >= 11 is 0. The minimum Gasteiger partial charge on any atom is -0.477 e. The molecule has 0 bridgehead atoms. The Morgan fingerprint density at radius 3 is 2.71 bits per heavy atom. The van der Waals surface area contributed by atoms with E-state index in [0.29, 0.717) is 11.8 Å². The summed E-state index contributed by atoms with van der Waals surface area (Å²) in [5.41, 5.74) is -0.0173. The molecule has 17 heavy (non-hydrogen) atoms. The van der Waals surface area contributed by atoms with Gasteiger partial charge in [-0.2, -0.15) is 5.10 Å². The summed E-state index contributed by atoms with van der Waals surface area (Å²) < 4.78 is 0. The van der Waals surface area contributed by atoms with Gasteiger partial charge in [0.1, 0.15) is 5.69 Å². The number of amides is 1. The number of H-pyrrole nitrogens is 1. The molecule has 2 aliphatic carbocycles. The van der Waals surface area contributed by atoms with Crippen molar-refractivity contribution >= 4 is 17.7 Å². The largest absolute Gasteiger partial charge is 0.477 e. The highest BCUT2D eigenvalue weighted by Crippen LogP contribution is 2.57. The van der Waals surface area contributed by atoms with Crippen molar-refractivity contribution in [2.75, 3.05) is 5.32 Å². The molecule has 1 aromatic rings. The van der Waals surface area contributed by atoms with Crippen molar-refractivity contribution in [2.45, 2.75) is 19.3 Å². The van der Waals surface area contributed by atoms with E-state index in [2.05, 4.69) is 15.5 Å². The molecule has 6 heteroatoms. The molecule has 3 rings (SSSR count). The number of carboxylic acid groups (broad SMARTS) is 1. The van der Waals surface area contributed by atoms with Gasteiger partial charge in [0.2, 0.25) is 5.91 Å². The molecule has 2 saturated carbocycles. The first-order valence-corrected chi connectivity index (χ1v) is 5.76. The molecular formula is C11H13N3O3. The summed E-state index contributed by atoms with van der Waals surface area (Å²) in [6, 6.07) is 1.33. The molecule has 2 fully saturated rings. The van der Waals surface area contributed by atoms with Crippen molar-refractivity contribution in [3.05, 3.63) is 11.8 Å². The van der Waals surface area contributed by atoms with Crippen LogP contribution in [0.5, 0.6) is 0 Å². The highest BCUT2D eigenvalue weighted by molar-refractivity contribution is 5.95. The van der Waals surface area contributed by atoms with Crippen molar-refractivity contribution in [1.82, 2.24) is 10.2 Å². The lowest BCUT2D eigenvalue weighted by molar-refractivity contribution is -0.118. The summed E-state index contributed by atoms with van der Waals surface area (Å²) in [5.74, 6) is 0.399. The third-order valence-corrected chi connectivity index (χ3v) is 3.77. The molecule has 0 saturated heterocycles. The highest BCUT2D eigenvalue weighted by Gasteiger charge is 2.56. The van der Waals surface area contributed by atoms with Gasteiger partial charge in [-0.15, -0.1) is 0 Å². The number of fused-ring (bicyclic) bond motifs is 1. The monoisotopic (exact) mass is 235 g/mol. The zero-order valence-electron chi connectivity index (χ0n) is 9.14. The van der Waals surface area contributed by atoms with Gasteiger partial charge in [0.25, 0.3) is 0 Å². The van der Waals surface area contributed by atoms with E-state index in [-0.39, 0.29) is 23.3 Å².